The highest BCUT2D eigenvalue weighted by Gasteiger charge is 2.30. The minimum Gasteiger partial charge on any atom is -0.316 e. The fourth-order valence-electron chi connectivity index (χ4n) is 2.21. The van der Waals surface area contributed by atoms with E-state index in [4.69, 9.17) is 11.6 Å². The second-order valence-corrected chi connectivity index (χ2v) is 9.05. The molecule has 1 unspecified atom stereocenters. The SMILES string of the molecule is CC1(CNS(=O)(=O)c2cc([N+](=O)[O-])c(Cl)s2)CCCNC1. The van der Waals surface area contributed by atoms with Crippen molar-refractivity contribution in [3.63, 3.8) is 0 Å². The lowest BCUT2D eigenvalue weighted by Gasteiger charge is -2.34. The number of hydrogen-bond donors (Lipinski definition) is 2. The minimum absolute atomic E-state index is 0.133. The molecule has 1 saturated heterocycles. The molecule has 0 saturated carbocycles. The zero-order chi connectivity index (χ0) is 15.7. The van der Waals surface area contributed by atoms with Gasteiger partial charge >= 0.3 is 0 Å². The first kappa shape index (κ1) is 16.6. The van der Waals surface area contributed by atoms with Crippen LogP contribution in [0.2, 0.25) is 4.34 Å². The highest BCUT2D eigenvalue weighted by atomic mass is 35.5. The maximum absolute atomic E-state index is 12.2. The normalized spacial score (nSPS) is 23.1. The van der Waals surface area contributed by atoms with E-state index in [1.165, 1.54) is 0 Å². The van der Waals surface area contributed by atoms with Gasteiger partial charge in [-0.2, -0.15) is 0 Å². The Kier molecular flexibility index (Phi) is 4.89. The van der Waals surface area contributed by atoms with E-state index in [2.05, 4.69) is 10.0 Å². The third-order valence-corrected chi connectivity index (χ3v) is 6.69. The molecule has 0 aromatic carbocycles. The molecule has 0 spiro atoms. The van der Waals surface area contributed by atoms with Crippen molar-refractivity contribution >= 4 is 38.6 Å². The molecule has 118 valence electrons. The van der Waals surface area contributed by atoms with Crippen LogP contribution in [0.3, 0.4) is 0 Å². The van der Waals surface area contributed by atoms with Gasteiger partial charge in [0, 0.05) is 19.2 Å². The van der Waals surface area contributed by atoms with E-state index in [9.17, 15) is 18.5 Å². The lowest BCUT2D eigenvalue weighted by Crippen LogP contribution is -2.45. The Bertz CT molecular complexity index is 638. The Morgan fingerprint density at radius 3 is 2.86 bits per heavy atom. The molecule has 1 aromatic rings. The van der Waals surface area contributed by atoms with Gasteiger partial charge < -0.3 is 5.32 Å². The predicted molar refractivity (Wildman–Crippen MR) is 81.4 cm³/mol. The summed E-state index contributed by atoms with van der Waals surface area (Å²) in [4.78, 5) is 10.0. The predicted octanol–water partition coefficient (Wildman–Crippen LogP) is 1.98. The third-order valence-electron chi connectivity index (χ3n) is 3.48. The van der Waals surface area contributed by atoms with Crippen molar-refractivity contribution in [1.82, 2.24) is 10.0 Å². The van der Waals surface area contributed by atoms with E-state index >= 15 is 0 Å². The van der Waals surface area contributed by atoms with Crippen LogP contribution in [-0.2, 0) is 10.0 Å². The number of nitro groups is 1. The van der Waals surface area contributed by atoms with Gasteiger partial charge in [-0.1, -0.05) is 18.5 Å². The first-order valence-electron chi connectivity index (χ1n) is 6.38. The van der Waals surface area contributed by atoms with Gasteiger partial charge in [-0.25, -0.2) is 13.1 Å². The van der Waals surface area contributed by atoms with Crippen molar-refractivity contribution < 1.29 is 13.3 Å². The van der Waals surface area contributed by atoms with Crippen LogP contribution in [0.25, 0.3) is 0 Å². The molecule has 1 aromatic heterocycles. The fourth-order valence-corrected chi connectivity index (χ4v) is 5.11. The zero-order valence-electron chi connectivity index (χ0n) is 11.4. The number of piperidine rings is 1. The molecule has 10 heteroatoms. The van der Waals surface area contributed by atoms with E-state index in [-0.39, 0.29) is 26.2 Å². The fraction of sp³-hybridized carbons (Fsp3) is 0.636. The van der Waals surface area contributed by atoms with Gasteiger partial charge in [0.2, 0.25) is 10.0 Å². The molecular formula is C11H16ClN3O4S2. The molecule has 0 radical (unpaired) electrons. The first-order chi connectivity index (χ1) is 9.73. The Balaban J connectivity index is 2.11. The van der Waals surface area contributed by atoms with Crippen LogP contribution < -0.4 is 10.0 Å². The van der Waals surface area contributed by atoms with Crippen LogP contribution >= 0.6 is 22.9 Å². The van der Waals surface area contributed by atoms with Crippen molar-refractivity contribution in [2.45, 2.75) is 24.0 Å². The Hall–Kier alpha value is -0.740. The van der Waals surface area contributed by atoms with E-state index in [1.54, 1.807) is 0 Å². The summed E-state index contributed by atoms with van der Waals surface area (Å²) in [5.41, 5.74) is -0.536. The molecular weight excluding hydrogens is 338 g/mol. The summed E-state index contributed by atoms with van der Waals surface area (Å²) in [5.74, 6) is 0. The number of thiophene rings is 1. The van der Waals surface area contributed by atoms with E-state index in [0.717, 1.165) is 32.0 Å². The van der Waals surface area contributed by atoms with E-state index in [1.807, 2.05) is 6.92 Å². The molecule has 21 heavy (non-hydrogen) atoms. The number of sulfonamides is 1. The minimum atomic E-state index is -3.78. The summed E-state index contributed by atoms with van der Waals surface area (Å²) >= 11 is 6.39. The van der Waals surface area contributed by atoms with Gasteiger partial charge in [0.25, 0.3) is 5.69 Å². The van der Waals surface area contributed by atoms with E-state index < -0.39 is 14.9 Å². The second kappa shape index (κ2) is 6.17. The van der Waals surface area contributed by atoms with Gasteiger partial charge in [0.15, 0.2) is 4.34 Å². The number of nitrogens with zero attached hydrogens (tertiary/aromatic N) is 1. The lowest BCUT2D eigenvalue weighted by molar-refractivity contribution is -0.384. The molecule has 7 nitrogen and oxygen atoms in total. The van der Waals surface area contributed by atoms with E-state index in [0.29, 0.717) is 11.3 Å². The Morgan fingerprint density at radius 2 is 2.33 bits per heavy atom. The highest BCUT2D eigenvalue weighted by Crippen LogP contribution is 2.36. The summed E-state index contributed by atoms with van der Waals surface area (Å²) in [6, 6.07) is 0.997. The number of rotatable bonds is 5. The molecule has 0 aliphatic carbocycles. The summed E-state index contributed by atoms with van der Waals surface area (Å²) < 4.78 is 26.7. The number of halogens is 1. The van der Waals surface area contributed by atoms with Crippen LogP contribution in [0.5, 0.6) is 0 Å². The lowest BCUT2D eigenvalue weighted by atomic mass is 9.83. The molecule has 2 rings (SSSR count). The monoisotopic (exact) mass is 353 g/mol. The Labute approximate surface area is 131 Å². The largest absolute Gasteiger partial charge is 0.316 e. The molecule has 0 amide bonds. The molecule has 2 N–H and O–H groups in total. The van der Waals surface area contributed by atoms with Crippen molar-refractivity contribution in [1.29, 1.82) is 0 Å². The molecule has 0 bridgehead atoms. The quantitative estimate of drug-likeness (QED) is 0.622. The third kappa shape index (κ3) is 3.92. The second-order valence-electron chi connectivity index (χ2n) is 5.40. The summed E-state index contributed by atoms with van der Waals surface area (Å²) in [6.07, 6.45) is 1.92. The molecule has 1 atom stereocenters. The molecule has 1 aliphatic rings. The molecule has 2 heterocycles. The topological polar surface area (TPSA) is 101 Å². The Morgan fingerprint density at radius 1 is 1.62 bits per heavy atom. The number of nitrogens with one attached hydrogen (secondary N) is 2. The van der Waals surface area contributed by atoms with Crippen molar-refractivity contribution in [3.8, 4) is 0 Å². The first-order valence-corrected chi connectivity index (χ1v) is 9.05. The van der Waals surface area contributed by atoms with Gasteiger partial charge in [-0.15, -0.1) is 11.3 Å². The smallest absolute Gasteiger partial charge is 0.300 e. The van der Waals surface area contributed by atoms with Gasteiger partial charge in [0.05, 0.1) is 4.92 Å². The van der Waals surface area contributed by atoms with Gasteiger partial charge in [-0.05, 0) is 24.8 Å². The maximum Gasteiger partial charge on any atom is 0.300 e. The number of hydrogen-bond acceptors (Lipinski definition) is 6. The van der Waals surface area contributed by atoms with Gasteiger partial charge in [-0.3, -0.25) is 10.1 Å². The van der Waals surface area contributed by atoms with Crippen LogP contribution in [0.1, 0.15) is 19.8 Å². The average Bonchev–Trinajstić information content (AvgIpc) is 2.81. The van der Waals surface area contributed by atoms with Crippen LogP contribution in [0.4, 0.5) is 5.69 Å². The average molecular weight is 354 g/mol. The van der Waals surface area contributed by atoms with Crippen LogP contribution in [0.15, 0.2) is 10.3 Å². The standard InChI is InChI=1S/C11H16ClN3O4S2/c1-11(3-2-4-13-6-11)7-14-21(18,19)9-5-8(15(16)17)10(12)20-9/h5,13-14H,2-4,6-7H2,1H3. The van der Waals surface area contributed by atoms with Gasteiger partial charge in [0.1, 0.15) is 4.21 Å². The van der Waals surface area contributed by atoms with Crippen LogP contribution in [-0.4, -0.2) is 33.0 Å². The van der Waals surface area contributed by atoms with Crippen LogP contribution in [0, 0.1) is 15.5 Å². The molecule has 1 aliphatic heterocycles. The molecule has 1 fully saturated rings. The summed E-state index contributed by atoms with van der Waals surface area (Å²) in [7, 11) is -3.78. The maximum atomic E-state index is 12.2. The summed E-state index contributed by atoms with van der Waals surface area (Å²) in [5, 5.41) is 14.0. The van der Waals surface area contributed by atoms with Crippen molar-refractivity contribution in [2.75, 3.05) is 19.6 Å². The van der Waals surface area contributed by atoms with Crippen molar-refractivity contribution in [2.24, 2.45) is 5.41 Å². The highest BCUT2D eigenvalue weighted by molar-refractivity contribution is 7.91. The van der Waals surface area contributed by atoms with Crippen molar-refractivity contribution in [3.05, 3.63) is 20.5 Å². The zero-order valence-corrected chi connectivity index (χ0v) is 13.8. The summed E-state index contributed by atoms with van der Waals surface area (Å²) in [6.45, 7) is 3.97.